The highest BCUT2D eigenvalue weighted by atomic mass is 35.5. The van der Waals surface area contributed by atoms with E-state index in [0.29, 0.717) is 28.4 Å². The molecule has 2 aromatic heterocycles. The fourth-order valence-corrected chi connectivity index (χ4v) is 4.49. The van der Waals surface area contributed by atoms with E-state index in [0.717, 1.165) is 21.5 Å². The molecule has 0 saturated carbocycles. The van der Waals surface area contributed by atoms with Crippen molar-refractivity contribution in [3.05, 3.63) is 82.6 Å². The molecule has 1 amide bonds. The predicted octanol–water partition coefficient (Wildman–Crippen LogP) is 6.39. The van der Waals surface area contributed by atoms with E-state index >= 15 is 0 Å². The Bertz CT molecular complexity index is 1220. The second kappa shape index (κ2) is 9.67. The molecule has 0 fully saturated rings. The number of hydrogen-bond acceptors (Lipinski definition) is 5. The first kappa shape index (κ1) is 22.2. The van der Waals surface area contributed by atoms with Gasteiger partial charge in [-0.15, -0.1) is 0 Å². The quantitative estimate of drug-likeness (QED) is 0.317. The second-order valence-corrected chi connectivity index (χ2v) is 9.25. The summed E-state index contributed by atoms with van der Waals surface area (Å²) in [5, 5.41) is 1.25. The third-order valence-electron chi connectivity index (χ3n) is 5.22. The monoisotopic (exact) mass is 465 g/mol. The minimum Gasteiger partial charge on any atom is -0.484 e. The topological polar surface area (TPSA) is 55.3 Å². The van der Waals surface area contributed by atoms with Gasteiger partial charge >= 0.3 is 0 Å². The van der Waals surface area contributed by atoms with Crippen molar-refractivity contribution in [3.8, 4) is 5.75 Å². The number of aromatic nitrogens is 2. The Hall–Kier alpha value is -2.96. The zero-order chi connectivity index (χ0) is 22.7. The molecule has 0 unspecified atom stereocenters. The molecule has 4 rings (SSSR count). The highest BCUT2D eigenvalue weighted by Crippen LogP contribution is 2.34. The number of thiazole rings is 1. The molecule has 0 bridgehead atoms. The lowest BCUT2D eigenvalue weighted by molar-refractivity contribution is -0.120. The number of carbonyl (C=O) groups is 1. The lowest BCUT2D eigenvalue weighted by Crippen LogP contribution is -2.34. The van der Waals surface area contributed by atoms with Crippen LogP contribution in [-0.4, -0.2) is 22.5 Å². The van der Waals surface area contributed by atoms with E-state index in [4.69, 9.17) is 21.3 Å². The Morgan fingerprint density at radius 2 is 1.91 bits per heavy atom. The summed E-state index contributed by atoms with van der Waals surface area (Å²) >= 11 is 7.73. The molecule has 0 atom stereocenters. The summed E-state index contributed by atoms with van der Waals surface area (Å²) in [7, 11) is 0. The van der Waals surface area contributed by atoms with E-state index in [1.807, 2.05) is 61.5 Å². The first-order chi connectivity index (χ1) is 15.4. The van der Waals surface area contributed by atoms with Crippen molar-refractivity contribution in [1.29, 1.82) is 0 Å². The molecule has 0 N–H and O–H groups in total. The van der Waals surface area contributed by atoms with Crippen LogP contribution >= 0.6 is 22.9 Å². The average molecular weight is 466 g/mol. The van der Waals surface area contributed by atoms with Gasteiger partial charge in [0.1, 0.15) is 5.75 Å². The molecule has 4 aromatic rings. The smallest absolute Gasteiger partial charge is 0.267 e. The van der Waals surface area contributed by atoms with Gasteiger partial charge in [-0.2, -0.15) is 0 Å². The summed E-state index contributed by atoms with van der Waals surface area (Å²) in [5.41, 5.74) is 3.71. The molecule has 0 saturated heterocycles. The Morgan fingerprint density at radius 3 is 2.59 bits per heavy atom. The Morgan fingerprint density at radius 1 is 1.12 bits per heavy atom. The van der Waals surface area contributed by atoms with Crippen molar-refractivity contribution in [2.24, 2.45) is 0 Å². The van der Waals surface area contributed by atoms with E-state index in [1.165, 1.54) is 16.9 Å². The number of anilines is 1. The van der Waals surface area contributed by atoms with Gasteiger partial charge in [0.05, 0.1) is 22.5 Å². The van der Waals surface area contributed by atoms with Crippen molar-refractivity contribution in [2.45, 2.75) is 33.2 Å². The van der Waals surface area contributed by atoms with Gasteiger partial charge < -0.3 is 4.74 Å². The predicted molar refractivity (Wildman–Crippen MR) is 131 cm³/mol. The summed E-state index contributed by atoms with van der Waals surface area (Å²) in [6, 6.07) is 17.3. The van der Waals surface area contributed by atoms with Crippen LogP contribution in [0.4, 0.5) is 5.13 Å². The fourth-order valence-electron chi connectivity index (χ4n) is 3.29. The number of nitrogens with zero attached hydrogens (tertiary/aromatic N) is 3. The molecule has 2 aromatic carbocycles. The fraction of sp³-hybridized carbons (Fsp3) is 0.240. The second-order valence-electron chi connectivity index (χ2n) is 7.83. The molecule has 0 radical (unpaired) electrons. The van der Waals surface area contributed by atoms with Crippen LogP contribution in [0.3, 0.4) is 0 Å². The molecule has 7 heteroatoms. The maximum atomic E-state index is 13.2. The van der Waals surface area contributed by atoms with Gasteiger partial charge in [0.2, 0.25) is 0 Å². The van der Waals surface area contributed by atoms with Gasteiger partial charge in [-0.05, 0) is 60.4 Å². The van der Waals surface area contributed by atoms with Crippen LogP contribution in [0, 0.1) is 6.92 Å². The molecular formula is C25H24ClN3O2S. The Kier molecular flexibility index (Phi) is 6.72. The zero-order valence-corrected chi connectivity index (χ0v) is 19.8. The van der Waals surface area contributed by atoms with Crippen LogP contribution in [0.5, 0.6) is 5.75 Å². The summed E-state index contributed by atoms with van der Waals surface area (Å²) in [5.74, 6) is 0.911. The molecule has 0 aliphatic heterocycles. The number of benzene rings is 2. The van der Waals surface area contributed by atoms with Crippen molar-refractivity contribution in [1.82, 2.24) is 9.97 Å². The molecule has 2 heterocycles. The third-order valence-corrected chi connectivity index (χ3v) is 6.68. The first-order valence-electron chi connectivity index (χ1n) is 10.4. The number of hydrogen-bond donors (Lipinski definition) is 0. The van der Waals surface area contributed by atoms with E-state index in [-0.39, 0.29) is 12.5 Å². The number of halogens is 1. The maximum Gasteiger partial charge on any atom is 0.267 e. The van der Waals surface area contributed by atoms with Gasteiger partial charge in [-0.25, -0.2) is 4.98 Å². The minimum absolute atomic E-state index is 0.0937. The Balaban J connectivity index is 1.59. The number of pyridine rings is 1. The number of carbonyl (C=O) groups excluding carboxylic acids is 1. The lowest BCUT2D eigenvalue weighted by Gasteiger charge is -2.20. The number of fused-ring (bicyclic) bond motifs is 1. The summed E-state index contributed by atoms with van der Waals surface area (Å²) in [6.45, 7) is 6.43. The van der Waals surface area contributed by atoms with Gasteiger partial charge in [0.25, 0.3) is 5.91 Å². The van der Waals surface area contributed by atoms with E-state index in [1.54, 1.807) is 11.1 Å². The third kappa shape index (κ3) is 4.92. The SMILES string of the molecule is Cc1c(Cl)ccc2sc(N(Cc3ccccn3)C(=O)COc3ccc(C(C)C)cc3)nc12. The van der Waals surface area contributed by atoms with E-state index < -0.39 is 0 Å². The molecular weight excluding hydrogens is 442 g/mol. The normalized spacial score (nSPS) is 11.2. The van der Waals surface area contributed by atoms with Gasteiger partial charge in [-0.1, -0.05) is 55.0 Å². The zero-order valence-electron chi connectivity index (χ0n) is 18.2. The molecule has 164 valence electrons. The molecule has 32 heavy (non-hydrogen) atoms. The summed E-state index contributed by atoms with van der Waals surface area (Å²) in [4.78, 5) is 24.0. The summed E-state index contributed by atoms with van der Waals surface area (Å²) < 4.78 is 6.78. The van der Waals surface area contributed by atoms with E-state index in [9.17, 15) is 4.79 Å². The van der Waals surface area contributed by atoms with Crippen molar-refractivity contribution in [2.75, 3.05) is 11.5 Å². The van der Waals surface area contributed by atoms with Gasteiger partial charge in [0, 0.05) is 11.2 Å². The van der Waals surface area contributed by atoms with Gasteiger partial charge in [-0.3, -0.25) is 14.7 Å². The maximum absolute atomic E-state index is 13.2. The van der Waals surface area contributed by atoms with Crippen molar-refractivity contribution < 1.29 is 9.53 Å². The van der Waals surface area contributed by atoms with Crippen LogP contribution < -0.4 is 9.64 Å². The molecule has 0 aliphatic rings. The molecule has 0 spiro atoms. The van der Waals surface area contributed by atoms with Crippen LogP contribution in [0.25, 0.3) is 10.2 Å². The number of rotatable bonds is 7. The average Bonchev–Trinajstić information content (AvgIpc) is 3.24. The highest BCUT2D eigenvalue weighted by Gasteiger charge is 2.22. The number of ether oxygens (including phenoxy) is 1. The first-order valence-corrected chi connectivity index (χ1v) is 11.6. The van der Waals surface area contributed by atoms with Crippen LogP contribution in [0.1, 0.15) is 36.6 Å². The number of aryl methyl sites for hydroxylation is 1. The van der Waals surface area contributed by atoms with Gasteiger partial charge in [0.15, 0.2) is 11.7 Å². The summed E-state index contributed by atoms with van der Waals surface area (Å²) in [6.07, 6.45) is 1.72. The Labute approximate surface area is 196 Å². The highest BCUT2D eigenvalue weighted by molar-refractivity contribution is 7.22. The molecule has 0 aliphatic carbocycles. The largest absolute Gasteiger partial charge is 0.484 e. The van der Waals surface area contributed by atoms with E-state index in [2.05, 4.69) is 18.8 Å². The van der Waals surface area contributed by atoms with Crippen molar-refractivity contribution >= 4 is 44.2 Å². The van der Waals surface area contributed by atoms with Crippen LogP contribution in [0.2, 0.25) is 5.02 Å². The number of amides is 1. The van der Waals surface area contributed by atoms with Crippen molar-refractivity contribution in [3.63, 3.8) is 0 Å². The minimum atomic E-state index is -0.189. The lowest BCUT2D eigenvalue weighted by atomic mass is 10.0. The van der Waals surface area contributed by atoms with Crippen LogP contribution in [-0.2, 0) is 11.3 Å². The van der Waals surface area contributed by atoms with Crippen LogP contribution in [0.15, 0.2) is 60.8 Å². The molecule has 5 nitrogen and oxygen atoms in total. The standard InChI is InChI=1S/C25H24ClN3O2S/c1-16(2)18-7-9-20(10-8-18)31-15-23(30)29(14-19-6-4-5-13-27-19)25-28-24-17(3)21(26)11-12-22(24)32-25/h4-13,16H,14-15H2,1-3H3.